The van der Waals surface area contributed by atoms with Crippen molar-refractivity contribution >= 4 is 50.5 Å². The summed E-state index contributed by atoms with van der Waals surface area (Å²) in [6.45, 7) is 0. The van der Waals surface area contributed by atoms with E-state index in [4.69, 9.17) is 3.82 Å². The van der Waals surface area contributed by atoms with Crippen LogP contribution in [0.3, 0.4) is 0 Å². The SMILES string of the molecule is C(=CC1Nc2ccccc2[Se]O1)C=C1Nc2ccccc2[Se]1. The second-order valence-electron chi connectivity index (χ2n) is 4.88. The van der Waals surface area contributed by atoms with Gasteiger partial charge in [-0.15, -0.1) is 0 Å². The standard InChI is InChI=1S/C17H14N2OSe2/c1-3-8-14-12(6-1)19-17(21-14)11-5-10-16-18-13-7-2-4-9-15(13)22-20-16/h1-11,16,18-19H. The van der Waals surface area contributed by atoms with E-state index in [1.54, 1.807) is 0 Å². The van der Waals surface area contributed by atoms with Crippen LogP contribution in [0.15, 0.2) is 71.4 Å². The van der Waals surface area contributed by atoms with E-state index in [-0.39, 0.29) is 21.5 Å². The predicted molar refractivity (Wildman–Crippen MR) is 93.0 cm³/mol. The molecule has 0 radical (unpaired) electrons. The van der Waals surface area contributed by atoms with Crippen LogP contribution in [0, 0.1) is 0 Å². The molecule has 2 aromatic carbocycles. The van der Waals surface area contributed by atoms with Crippen LogP contribution in [-0.2, 0) is 3.82 Å². The van der Waals surface area contributed by atoms with Gasteiger partial charge < -0.3 is 0 Å². The van der Waals surface area contributed by atoms with Gasteiger partial charge in [-0.05, 0) is 0 Å². The van der Waals surface area contributed by atoms with Gasteiger partial charge in [0, 0.05) is 0 Å². The van der Waals surface area contributed by atoms with Crippen LogP contribution in [-0.4, -0.2) is 36.5 Å². The first kappa shape index (κ1) is 14.1. The van der Waals surface area contributed by atoms with E-state index in [0.29, 0.717) is 15.0 Å². The molecule has 3 nitrogen and oxygen atoms in total. The fraction of sp³-hybridized carbons (Fsp3) is 0.0588. The quantitative estimate of drug-likeness (QED) is 0.724. The van der Waals surface area contributed by atoms with Gasteiger partial charge in [0.05, 0.1) is 0 Å². The Morgan fingerprint density at radius 1 is 0.955 bits per heavy atom. The summed E-state index contributed by atoms with van der Waals surface area (Å²) >= 11 is 0.452. The van der Waals surface area contributed by atoms with Crippen LogP contribution in [0.4, 0.5) is 11.4 Å². The molecule has 0 fully saturated rings. The van der Waals surface area contributed by atoms with E-state index in [9.17, 15) is 0 Å². The molecule has 1 unspecified atom stereocenters. The number of anilines is 2. The molecule has 0 aromatic heterocycles. The third-order valence-electron chi connectivity index (χ3n) is 3.32. The molecule has 4 rings (SSSR count). The molecule has 2 aliphatic heterocycles. The molecule has 110 valence electrons. The Balaban J connectivity index is 1.41. The number of benzene rings is 2. The summed E-state index contributed by atoms with van der Waals surface area (Å²) in [7, 11) is 0. The minimum absolute atomic E-state index is 0.0389. The summed E-state index contributed by atoms with van der Waals surface area (Å²) in [6, 6.07) is 16.8. The van der Waals surface area contributed by atoms with Gasteiger partial charge in [0.25, 0.3) is 0 Å². The van der Waals surface area contributed by atoms with Gasteiger partial charge in [-0.3, -0.25) is 0 Å². The van der Waals surface area contributed by atoms with E-state index in [2.05, 4.69) is 77.4 Å². The summed E-state index contributed by atoms with van der Waals surface area (Å²) < 4.78 is 9.82. The first-order chi connectivity index (χ1) is 10.9. The van der Waals surface area contributed by atoms with Crippen LogP contribution < -0.4 is 19.6 Å². The molecule has 2 aliphatic rings. The van der Waals surface area contributed by atoms with Crippen molar-refractivity contribution in [2.45, 2.75) is 6.23 Å². The Kier molecular flexibility index (Phi) is 4.07. The summed E-state index contributed by atoms with van der Waals surface area (Å²) in [5, 5.41) is 6.87. The Hall–Kier alpha value is -1.48. The summed E-state index contributed by atoms with van der Waals surface area (Å²) in [5.74, 6) is 0. The topological polar surface area (TPSA) is 33.3 Å². The monoisotopic (exact) mass is 422 g/mol. The van der Waals surface area contributed by atoms with Crippen molar-refractivity contribution in [2.24, 2.45) is 0 Å². The van der Waals surface area contributed by atoms with Crippen molar-refractivity contribution in [3.63, 3.8) is 0 Å². The second-order valence-corrected chi connectivity index (χ2v) is 8.83. The van der Waals surface area contributed by atoms with Crippen LogP contribution >= 0.6 is 0 Å². The number of fused-ring (bicyclic) bond motifs is 2. The van der Waals surface area contributed by atoms with Crippen molar-refractivity contribution in [1.29, 1.82) is 0 Å². The maximum absolute atomic E-state index is 5.85. The molecule has 0 aliphatic carbocycles. The average Bonchev–Trinajstić information content (AvgIpc) is 2.97. The van der Waals surface area contributed by atoms with Gasteiger partial charge in [0.2, 0.25) is 0 Å². The van der Waals surface area contributed by atoms with Crippen LogP contribution in [0.1, 0.15) is 0 Å². The molecule has 0 spiro atoms. The summed E-state index contributed by atoms with van der Waals surface area (Å²) in [6.07, 6.45) is 6.27. The van der Waals surface area contributed by atoms with E-state index in [0.717, 1.165) is 0 Å². The Morgan fingerprint density at radius 3 is 2.59 bits per heavy atom. The predicted octanol–water partition coefficient (Wildman–Crippen LogP) is 1.55. The third-order valence-corrected chi connectivity index (χ3v) is 7.25. The fourth-order valence-electron chi connectivity index (χ4n) is 2.27. The summed E-state index contributed by atoms with van der Waals surface area (Å²) in [5.41, 5.74) is 2.43. The van der Waals surface area contributed by atoms with Crippen molar-refractivity contribution < 1.29 is 3.82 Å². The van der Waals surface area contributed by atoms with Crippen LogP contribution in [0.25, 0.3) is 0 Å². The molecule has 0 amide bonds. The van der Waals surface area contributed by atoms with E-state index < -0.39 is 0 Å². The van der Waals surface area contributed by atoms with E-state index in [1.165, 1.54) is 24.9 Å². The van der Waals surface area contributed by atoms with E-state index in [1.807, 2.05) is 0 Å². The van der Waals surface area contributed by atoms with Crippen LogP contribution in [0.2, 0.25) is 0 Å². The van der Waals surface area contributed by atoms with Gasteiger partial charge in [-0.25, -0.2) is 0 Å². The normalized spacial score (nSPS) is 21.3. The van der Waals surface area contributed by atoms with E-state index >= 15 is 0 Å². The zero-order valence-electron chi connectivity index (χ0n) is 11.7. The van der Waals surface area contributed by atoms with Gasteiger partial charge in [0.15, 0.2) is 0 Å². The third kappa shape index (κ3) is 3.00. The second kappa shape index (κ2) is 6.33. The maximum atomic E-state index is 5.85. The Bertz CT molecular complexity index is 731. The zero-order valence-corrected chi connectivity index (χ0v) is 15.1. The molecule has 0 saturated carbocycles. The molecule has 2 N–H and O–H groups in total. The number of para-hydroxylation sites is 2. The number of hydrogen-bond acceptors (Lipinski definition) is 3. The van der Waals surface area contributed by atoms with Crippen LogP contribution in [0.5, 0.6) is 0 Å². The molecule has 22 heavy (non-hydrogen) atoms. The number of hydrogen-bond donors (Lipinski definition) is 2. The molecular formula is C17H14N2OSe2. The zero-order chi connectivity index (χ0) is 14.8. The summed E-state index contributed by atoms with van der Waals surface area (Å²) in [4.78, 5) is 0. The molecule has 2 heterocycles. The number of nitrogens with one attached hydrogen (secondary N) is 2. The first-order valence-electron chi connectivity index (χ1n) is 7.00. The minimum atomic E-state index is -0.0389. The molecule has 0 bridgehead atoms. The van der Waals surface area contributed by atoms with Crippen molar-refractivity contribution in [3.05, 3.63) is 71.4 Å². The molecule has 1 atom stereocenters. The molecule has 5 heteroatoms. The van der Waals surface area contributed by atoms with Gasteiger partial charge >= 0.3 is 143 Å². The molecular weight excluding hydrogens is 406 g/mol. The van der Waals surface area contributed by atoms with Crippen molar-refractivity contribution in [1.82, 2.24) is 0 Å². The molecule has 2 aromatic rings. The number of allylic oxidation sites excluding steroid dienone is 2. The Morgan fingerprint density at radius 2 is 1.73 bits per heavy atom. The fourth-order valence-corrected chi connectivity index (χ4v) is 5.61. The van der Waals surface area contributed by atoms with Crippen molar-refractivity contribution in [2.75, 3.05) is 10.6 Å². The first-order valence-corrected chi connectivity index (χ1v) is 10.3. The average molecular weight is 420 g/mol. The molecule has 0 saturated heterocycles. The number of rotatable bonds is 2. The van der Waals surface area contributed by atoms with Gasteiger partial charge in [-0.2, -0.15) is 0 Å². The Labute approximate surface area is 142 Å². The van der Waals surface area contributed by atoms with Gasteiger partial charge in [0.1, 0.15) is 0 Å². The van der Waals surface area contributed by atoms with Crippen molar-refractivity contribution in [3.8, 4) is 0 Å². The van der Waals surface area contributed by atoms with Gasteiger partial charge in [-0.1, -0.05) is 0 Å².